The molecule has 0 saturated heterocycles. The number of carboxylic acid groups (broad SMARTS) is 2. The van der Waals surface area contributed by atoms with E-state index < -0.39 is 11.9 Å². The van der Waals surface area contributed by atoms with Gasteiger partial charge in [0, 0.05) is 13.8 Å². The minimum Gasteiger partial charge on any atom is -0.481 e. The van der Waals surface area contributed by atoms with Gasteiger partial charge >= 0.3 is 0 Å². The average Bonchev–Trinajstić information content (AvgIpc) is 1.97. The minimum absolute atomic E-state index is 0.167. The molecule has 0 aliphatic rings. The SMILES string of the molecule is CC(=O)O.CC(=O)O.CC(C)=O.CC(C)=O.[N-]=[N+]=N. The fourth-order valence-corrected chi connectivity index (χ4v) is 0. The molecular formula is C10H21N3O6. The van der Waals surface area contributed by atoms with Gasteiger partial charge in [-0.25, -0.2) is 0 Å². The molecular weight excluding hydrogens is 258 g/mol. The van der Waals surface area contributed by atoms with Crippen molar-refractivity contribution in [2.24, 2.45) is 0 Å². The Bertz CT molecular complexity index is 232. The summed E-state index contributed by atoms with van der Waals surface area (Å²) < 4.78 is 0. The smallest absolute Gasteiger partial charge is 0.300 e. The summed E-state index contributed by atoms with van der Waals surface area (Å²) in [6.45, 7) is 8.28. The number of nitrogens with zero attached hydrogens (tertiary/aromatic N) is 2. The fraction of sp³-hybridized carbons (Fsp3) is 0.600. The van der Waals surface area contributed by atoms with E-state index in [4.69, 9.17) is 30.9 Å². The van der Waals surface area contributed by atoms with Crippen molar-refractivity contribution in [1.29, 1.82) is 5.53 Å². The van der Waals surface area contributed by atoms with Crippen molar-refractivity contribution in [2.45, 2.75) is 41.5 Å². The number of Topliss-reactive ketones (excluding diaryl/α,β-unsaturated/α-hetero) is 2. The number of carbonyl (C=O) groups excluding carboxylic acids is 2. The maximum Gasteiger partial charge on any atom is 0.300 e. The molecule has 0 saturated carbocycles. The first-order chi connectivity index (χ1) is 8.34. The Labute approximate surface area is 111 Å². The summed E-state index contributed by atoms with van der Waals surface area (Å²) in [6, 6.07) is 0. The molecule has 0 aliphatic carbocycles. The molecule has 9 heteroatoms. The van der Waals surface area contributed by atoms with Crippen LogP contribution in [0.5, 0.6) is 0 Å². The first-order valence-electron chi connectivity index (χ1n) is 4.69. The second-order valence-electron chi connectivity index (χ2n) is 2.95. The molecule has 0 amide bonds. The summed E-state index contributed by atoms with van der Waals surface area (Å²) in [5.74, 6) is -1.33. The predicted octanol–water partition coefficient (Wildman–Crippen LogP) is 2.25. The van der Waals surface area contributed by atoms with Crippen molar-refractivity contribution >= 4 is 23.5 Å². The molecule has 0 aromatic rings. The molecule has 0 unspecified atom stereocenters. The topological polar surface area (TPSA) is 169 Å². The Morgan fingerprint density at radius 2 is 0.789 bits per heavy atom. The molecule has 0 bridgehead atoms. The van der Waals surface area contributed by atoms with Gasteiger partial charge in [-0.2, -0.15) is 0 Å². The Morgan fingerprint density at radius 3 is 0.789 bits per heavy atom. The quantitative estimate of drug-likeness (QED) is 0.348. The van der Waals surface area contributed by atoms with Gasteiger partial charge < -0.3 is 19.8 Å². The van der Waals surface area contributed by atoms with Crippen LogP contribution in [0, 0.1) is 5.53 Å². The van der Waals surface area contributed by atoms with Crippen LogP contribution in [-0.2, 0) is 19.2 Å². The summed E-state index contributed by atoms with van der Waals surface area (Å²) >= 11 is 0. The van der Waals surface area contributed by atoms with Gasteiger partial charge in [-0.1, -0.05) is 0 Å². The van der Waals surface area contributed by atoms with E-state index in [-0.39, 0.29) is 11.6 Å². The zero-order chi connectivity index (χ0) is 17.0. The minimum atomic E-state index is -0.833. The fourth-order valence-electron chi connectivity index (χ4n) is 0. The van der Waals surface area contributed by atoms with E-state index in [0.29, 0.717) is 0 Å². The number of aliphatic carboxylic acids is 2. The maximum absolute atomic E-state index is 9.44. The Kier molecular flexibility index (Phi) is 46.8. The highest BCUT2D eigenvalue weighted by Gasteiger charge is 1.66. The van der Waals surface area contributed by atoms with E-state index in [9.17, 15) is 9.59 Å². The third-order valence-electron chi connectivity index (χ3n) is 0. The van der Waals surface area contributed by atoms with Crippen LogP contribution in [0.25, 0.3) is 10.4 Å². The second kappa shape index (κ2) is 29.6. The van der Waals surface area contributed by atoms with Gasteiger partial charge in [-0.3, -0.25) is 9.59 Å². The zero-order valence-corrected chi connectivity index (χ0v) is 11.9. The molecule has 0 rings (SSSR count). The lowest BCUT2D eigenvalue weighted by molar-refractivity contribution is -0.135. The summed E-state index contributed by atoms with van der Waals surface area (Å²) in [7, 11) is 0. The molecule has 0 aromatic carbocycles. The molecule has 0 radical (unpaired) electrons. The van der Waals surface area contributed by atoms with E-state index in [2.05, 4.69) is 0 Å². The summed E-state index contributed by atoms with van der Waals surface area (Å²) in [5.41, 5.74) is 12.2. The average molecular weight is 279 g/mol. The third-order valence-corrected chi connectivity index (χ3v) is 0. The highest BCUT2D eigenvalue weighted by molar-refractivity contribution is 5.72. The maximum atomic E-state index is 9.44. The number of ketones is 2. The number of nitrogens with one attached hydrogen (secondary N) is 1. The van der Waals surface area contributed by atoms with Crippen molar-refractivity contribution in [3.8, 4) is 0 Å². The number of hydrogen-bond donors (Lipinski definition) is 3. The molecule has 0 spiro atoms. The van der Waals surface area contributed by atoms with Gasteiger partial charge in [0.25, 0.3) is 11.9 Å². The van der Waals surface area contributed by atoms with Gasteiger partial charge in [0.2, 0.25) is 0 Å². The third kappa shape index (κ3) is 496. The number of hydrogen-bond acceptors (Lipinski definition) is 5. The van der Waals surface area contributed by atoms with Crippen LogP contribution in [0.15, 0.2) is 0 Å². The lowest BCUT2D eigenvalue weighted by Gasteiger charge is -1.59. The molecule has 0 aliphatic heterocycles. The standard InChI is InChI=1S/2C3H6O.2C2H4O2.HN3/c2*1-3(2)4;2*1-2(3)4;1-3-2/h2*1-2H3;2*1H3,(H,3,4);1H. The van der Waals surface area contributed by atoms with Crippen molar-refractivity contribution in [3.63, 3.8) is 0 Å². The van der Waals surface area contributed by atoms with E-state index >= 15 is 0 Å². The van der Waals surface area contributed by atoms with Gasteiger partial charge in [-0.15, -0.1) is 5.53 Å². The van der Waals surface area contributed by atoms with E-state index in [1.54, 1.807) is 4.91 Å². The van der Waals surface area contributed by atoms with Crippen LogP contribution >= 0.6 is 0 Å². The van der Waals surface area contributed by atoms with Crippen LogP contribution < -0.4 is 0 Å². The van der Waals surface area contributed by atoms with E-state index in [1.165, 1.54) is 27.7 Å². The van der Waals surface area contributed by atoms with Crippen LogP contribution in [0.4, 0.5) is 0 Å². The van der Waals surface area contributed by atoms with Crippen LogP contribution in [0.3, 0.4) is 0 Å². The van der Waals surface area contributed by atoms with E-state index in [0.717, 1.165) is 13.8 Å². The van der Waals surface area contributed by atoms with Crippen LogP contribution in [0.2, 0.25) is 0 Å². The van der Waals surface area contributed by atoms with Gasteiger partial charge in [0.15, 0.2) is 0 Å². The van der Waals surface area contributed by atoms with Gasteiger partial charge in [0.1, 0.15) is 11.6 Å². The lowest BCUT2D eigenvalue weighted by Crippen LogP contribution is -1.78. The number of rotatable bonds is 0. The van der Waals surface area contributed by atoms with Gasteiger partial charge in [0.05, 0.1) is 0 Å². The van der Waals surface area contributed by atoms with Crippen molar-refractivity contribution in [1.82, 2.24) is 0 Å². The predicted molar refractivity (Wildman–Crippen MR) is 68.8 cm³/mol. The normalized spacial score (nSPS) is 5.79. The molecule has 0 fully saturated rings. The molecule has 3 N–H and O–H groups in total. The first kappa shape index (κ1) is 30.0. The molecule has 112 valence electrons. The van der Waals surface area contributed by atoms with Crippen LogP contribution in [-0.4, -0.2) is 33.7 Å². The number of carbonyl (C=O) groups is 4. The summed E-state index contributed by atoms with van der Waals surface area (Å²) in [4.78, 5) is 38.6. The van der Waals surface area contributed by atoms with Crippen molar-refractivity contribution < 1.29 is 29.4 Å². The Balaban J connectivity index is -0.0000000432. The molecule has 0 aromatic heterocycles. The lowest BCUT2D eigenvalue weighted by atomic mass is 10.6. The largest absolute Gasteiger partial charge is 0.481 e. The summed E-state index contributed by atoms with van der Waals surface area (Å²) in [5, 5.41) is 14.8. The highest BCUT2D eigenvalue weighted by Crippen LogP contribution is 1.51. The van der Waals surface area contributed by atoms with Gasteiger partial charge in [-0.05, 0) is 38.1 Å². The Hall–Kier alpha value is -2.41. The molecule has 9 nitrogen and oxygen atoms in total. The zero-order valence-electron chi connectivity index (χ0n) is 11.9. The number of carboxylic acids is 2. The molecule has 19 heavy (non-hydrogen) atoms. The molecule has 0 heterocycles. The Morgan fingerprint density at radius 1 is 0.789 bits per heavy atom. The highest BCUT2D eigenvalue weighted by atomic mass is 16.4. The second-order valence-corrected chi connectivity index (χ2v) is 2.95. The summed E-state index contributed by atoms with van der Waals surface area (Å²) in [6.07, 6.45) is 0. The van der Waals surface area contributed by atoms with E-state index in [1.807, 2.05) is 0 Å². The molecule has 0 atom stereocenters. The van der Waals surface area contributed by atoms with Crippen LogP contribution in [0.1, 0.15) is 41.5 Å². The monoisotopic (exact) mass is 279 g/mol. The first-order valence-corrected chi connectivity index (χ1v) is 4.69. The van der Waals surface area contributed by atoms with Crippen molar-refractivity contribution in [3.05, 3.63) is 10.4 Å². The van der Waals surface area contributed by atoms with Crippen molar-refractivity contribution in [2.75, 3.05) is 0 Å².